The van der Waals surface area contributed by atoms with E-state index in [1.54, 1.807) is 11.3 Å². The van der Waals surface area contributed by atoms with Gasteiger partial charge in [-0.15, -0.1) is 11.3 Å². The molecule has 0 aliphatic heterocycles. The van der Waals surface area contributed by atoms with Crippen LogP contribution in [0.1, 0.15) is 36.9 Å². The van der Waals surface area contributed by atoms with E-state index < -0.39 is 5.97 Å². The minimum absolute atomic E-state index is 0.132. The number of hydrogen-bond acceptors (Lipinski definition) is 3. The lowest BCUT2D eigenvalue weighted by Gasteiger charge is -2.17. The second kappa shape index (κ2) is 6.17. The highest BCUT2D eigenvalue weighted by molar-refractivity contribution is 7.12. The minimum Gasteiger partial charge on any atom is -0.481 e. The van der Waals surface area contributed by atoms with E-state index in [0.29, 0.717) is 5.41 Å². The number of carbonyl (C=O) groups is 1. The molecule has 2 N–H and O–H groups in total. The molecule has 0 aliphatic carbocycles. The molecule has 0 fully saturated rings. The Morgan fingerprint density at radius 2 is 2.00 bits per heavy atom. The molecule has 4 heteroatoms. The van der Waals surface area contributed by atoms with Crippen molar-refractivity contribution in [2.75, 3.05) is 6.54 Å². The summed E-state index contributed by atoms with van der Waals surface area (Å²) in [7, 11) is 0. The fraction of sp³-hybridized carbons (Fsp3) is 0.615. The van der Waals surface area contributed by atoms with E-state index >= 15 is 0 Å². The summed E-state index contributed by atoms with van der Waals surface area (Å²) < 4.78 is 0. The largest absolute Gasteiger partial charge is 0.481 e. The smallest absolute Gasteiger partial charge is 0.308 e. The van der Waals surface area contributed by atoms with Crippen molar-refractivity contribution in [3.63, 3.8) is 0 Å². The number of rotatable bonds is 6. The lowest BCUT2D eigenvalue weighted by Crippen LogP contribution is -2.19. The molecule has 0 saturated heterocycles. The molecule has 1 aromatic rings. The van der Waals surface area contributed by atoms with Gasteiger partial charge in [0.1, 0.15) is 0 Å². The monoisotopic (exact) mass is 255 g/mol. The summed E-state index contributed by atoms with van der Waals surface area (Å²) in [5.41, 5.74) is 0.358. The Balaban J connectivity index is 2.28. The van der Waals surface area contributed by atoms with E-state index in [2.05, 4.69) is 26.1 Å². The third-order valence-electron chi connectivity index (χ3n) is 2.39. The Bertz CT molecular complexity index is 366. The number of nitrogens with one attached hydrogen (secondary N) is 1. The van der Waals surface area contributed by atoms with Crippen LogP contribution < -0.4 is 5.32 Å². The molecule has 0 amide bonds. The average Bonchev–Trinajstić information content (AvgIpc) is 2.58. The maximum Gasteiger partial charge on any atom is 0.308 e. The molecule has 0 radical (unpaired) electrons. The quantitative estimate of drug-likeness (QED) is 0.768. The molecule has 0 unspecified atom stereocenters. The van der Waals surface area contributed by atoms with Crippen molar-refractivity contribution in [3.05, 3.63) is 21.9 Å². The first-order valence-corrected chi connectivity index (χ1v) is 6.68. The van der Waals surface area contributed by atoms with Crippen molar-refractivity contribution in [3.8, 4) is 0 Å². The van der Waals surface area contributed by atoms with E-state index in [1.807, 2.05) is 12.1 Å². The summed E-state index contributed by atoms with van der Waals surface area (Å²) in [6.45, 7) is 8.51. The summed E-state index contributed by atoms with van der Waals surface area (Å²) in [5.74, 6) is -0.765. The Labute approximate surface area is 107 Å². The second-order valence-electron chi connectivity index (χ2n) is 5.43. The number of hydrogen-bond donors (Lipinski definition) is 2. The van der Waals surface area contributed by atoms with Gasteiger partial charge in [-0.25, -0.2) is 0 Å². The van der Waals surface area contributed by atoms with Crippen LogP contribution in [0.2, 0.25) is 0 Å². The highest BCUT2D eigenvalue weighted by Gasteiger charge is 2.09. The topological polar surface area (TPSA) is 49.3 Å². The van der Waals surface area contributed by atoms with E-state index in [4.69, 9.17) is 5.11 Å². The summed E-state index contributed by atoms with van der Waals surface area (Å²) in [6.07, 6.45) is 1.27. The van der Waals surface area contributed by atoms with Crippen LogP contribution in [0.15, 0.2) is 12.1 Å². The average molecular weight is 255 g/mol. The van der Waals surface area contributed by atoms with Crippen LogP contribution in [0.25, 0.3) is 0 Å². The van der Waals surface area contributed by atoms with Gasteiger partial charge in [0, 0.05) is 16.3 Å². The first-order chi connectivity index (χ1) is 7.87. The van der Waals surface area contributed by atoms with E-state index in [-0.39, 0.29) is 6.42 Å². The highest BCUT2D eigenvalue weighted by atomic mass is 32.1. The fourth-order valence-electron chi connectivity index (χ4n) is 1.44. The maximum absolute atomic E-state index is 10.5. The van der Waals surface area contributed by atoms with E-state index in [0.717, 1.165) is 24.4 Å². The van der Waals surface area contributed by atoms with Crippen LogP contribution in [0.3, 0.4) is 0 Å². The van der Waals surface area contributed by atoms with Gasteiger partial charge in [-0.2, -0.15) is 0 Å². The molecule has 1 aromatic heterocycles. The van der Waals surface area contributed by atoms with Crippen molar-refractivity contribution < 1.29 is 9.90 Å². The third-order valence-corrected chi connectivity index (χ3v) is 3.48. The Kier molecular flexibility index (Phi) is 5.15. The molecule has 96 valence electrons. The van der Waals surface area contributed by atoms with Gasteiger partial charge in [-0.1, -0.05) is 20.8 Å². The van der Waals surface area contributed by atoms with Crippen molar-refractivity contribution in [2.24, 2.45) is 5.41 Å². The zero-order chi connectivity index (χ0) is 12.9. The van der Waals surface area contributed by atoms with Crippen molar-refractivity contribution in [1.82, 2.24) is 5.32 Å². The molecule has 17 heavy (non-hydrogen) atoms. The van der Waals surface area contributed by atoms with Crippen LogP contribution >= 0.6 is 11.3 Å². The first kappa shape index (κ1) is 14.2. The number of thiophene rings is 1. The molecule has 3 nitrogen and oxygen atoms in total. The number of carboxylic acid groups (broad SMARTS) is 1. The summed E-state index contributed by atoms with van der Waals surface area (Å²) in [4.78, 5) is 12.7. The molecule has 0 aliphatic rings. The van der Waals surface area contributed by atoms with Gasteiger partial charge in [-0.3, -0.25) is 4.79 Å². The number of aliphatic carboxylic acids is 1. The number of carboxylic acids is 1. The molecule has 1 rings (SSSR count). The fourth-order valence-corrected chi connectivity index (χ4v) is 2.42. The molecule has 0 atom stereocenters. The lowest BCUT2D eigenvalue weighted by molar-refractivity contribution is -0.136. The van der Waals surface area contributed by atoms with Gasteiger partial charge >= 0.3 is 5.97 Å². The van der Waals surface area contributed by atoms with Crippen LogP contribution in [-0.4, -0.2) is 17.6 Å². The first-order valence-electron chi connectivity index (χ1n) is 5.87. The molecule has 0 saturated carbocycles. The van der Waals surface area contributed by atoms with Gasteiger partial charge in [0.25, 0.3) is 0 Å². The van der Waals surface area contributed by atoms with Crippen LogP contribution in [0, 0.1) is 5.41 Å². The van der Waals surface area contributed by atoms with Crippen molar-refractivity contribution in [1.29, 1.82) is 0 Å². The molecular formula is C13H21NO2S. The van der Waals surface area contributed by atoms with Crippen molar-refractivity contribution >= 4 is 17.3 Å². The molecule has 0 bridgehead atoms. The molecule has 0 aromatic carbocycles. The van der Waals surface area contributed by atoms with Crippen molar-refractivity contribution in [2.45, 2.75) is 40.2 Å². The Hall–Kier alpha value is -0.870. The predicted molar refractivity (Wildman–Crippen MR) is 71.4 cm³/mol. The van der Waals surface area contributed by atoms with E-state index in [1.165, 1.54) is 4.88 Å². The zero-order valence-electron chi connectivity index (χ0n) is 10.7. The molecule has 0 spiro atoms. The standard InChI is InChI=1S/C13H21NO2S/c1-13(2,3)6-7-14-9-11-5-4-10(17-11)8-12(15)16/h4-5,14H,6-9H2,1-3H3,(H,15,16). The SMILES string of the molecule is CC(C)(C)CCNCc1ccc(CC(=O)O)s1. The zero-order valence-corrected chi connectivity index (χ0v) is 11.6. The molecule has 1 heterocycles. The van der Waals surface area contributed by atoms with E-state index in [9.17, 15) is 4.79 Å². The minimum atomic E-state index is -0.765. The lowest BCUT2D eigenvalue weighted by atomic mass is 9.92. The highest BCUT2D eigenvalue weighted by Crippen LogP contribution is 2.19. The van der Waals surface area contributed by atoms with Crippen LogP contribution in [-0.2, 0) is 17.8 Å². The van der Waals surface area contributed by atoms with Gasteiger partial charge in [0.15, 0.2) is 0 Å². The summed E-state index contributed by atoms with van der Waals surface area (Å²) in [5, 5.41) is 12.1. The third kappa shape index (κ3) is 6.44. The van der Waals surface area contributed by atoms with Gasteiger partial charge in [0.2, 0.25) is 0 Å². The van der Waals surface area contributed by atoms with Crippen LogP contribution in [0.4, 0.5) is 0 Å². The Morgan fingerprint density at radius 1 is 1.35 bits per heavy atom. The summed E-state index contributed by atoms with van der Waals surface area (Å²) in [6, 6.07) is 3.91. The summed E-state index contributed by atoms with van der Waals surface area (Å²) >= 11 is 1.58. The molecular weight excluding hydrogens is 234 g/mol. The predicted octanol–water partition coefficient (Wildman–Crippen LogP) is 2.90. The van der Waals surface area contributed by atoms with Gasteiger partial charge < -0.3 is 10.4 Å². The maximum atomic E-state index is 10.5. The van der Waals surface area contributed by atoms with Gasteiger partial charge in [0.05, 0.1) is 6.42 Å². The Morgan fingerprint density at radius 3 is 2.59 bits per heavy atom. The van der Waals surface area contributed by atoms with Crippen LogP contribution in [0.5, 0.6) is 0 Å². The van der Waals surface area contributed by atoms with Gasteiger partial charge in [-0.05, 0) is 30.5 Å². The second-order valence-corrected chi connectivity index (χ2v) is 6.68. The normalized spacial score (nSPS) is 11.7.